The van der Waals surface area contributed by atoms with E-state index in [2.05, 4.69) is 229 Å². The maximum absolute atomic E-state index is 6.85. The number of para-hydroxylation sites is 3. The Kier molecular flexibility index (Phi) is 8.01. The van der Waals surface area contributed by atoms with Gasteiger partial charge in [0.25, 0.3) is 0 Å². The van der Waals surface area contributed by atoms with Crippen LogP contribution in [0.2, 0.25) is 0 Å². The van der Waals surface area contributed by atoms with Crippen molar-refractivity contribution in [3.05, 3.63) is 221 Å². The standard InChI is InChI=1S/C70H51NO3/c1-38-20-22-39(23-21-38)48-35-57-63(66-47-16-10-13-19-60(47)74-67(48)66)45-28-25-42(34-54(45)70(57,6)7)71(40-26-30-61-50(32-40)44-14-8-11-17-58(44)72-61)41-24-27-43-49-36-56-51(37-55(49)69(4,5)53(43)33-41)64-52(68(56,2)3)29-31-62-65(64)46-15-9-12-18-59(46)73-62/h8-37H,1-7H3. The van der Waals surface area contributed by atoms with Crippen molar-refractivity contribution >= 4 is 82.9 Å². The lowest BCUT2D eigenvalue weighted by Crippen LogP contribution is -2.18. The average molecular weight is 954 g/mol. The molecule has 74 heavy (non-hydrogen) atoms. The molecule has 0 atom stereocenters. The summed E-state index contributed by atoms with van der Waals surface area (Å²) in [5, 5.41) is 6.92. The van der Waals surface area contributed by atoms with Gasteiger partial charge in [-0.1, -0.05) is 144 Å². The molecule has 3 aromatic heterocycles. The lowest BCUT2D eigenvalue weighted by molar-refractivity contribution is 0.651. The second-order valence-corrected chi connectivity index (χ2v) is 22.9. The minimum atomic E-state index is -0.328. The summed E-state index contributed by atoms with van der Waals surface area (Å²) in [7, 11) is 0. The predicted molar refractivity (Wildman–Crippen MR) is 306 cm³/mol. The first-order valence-corrected chi connectivity index (χ1v) is 26.1. The van der Waals surface area contributed by atoms with Crippen LogP contribution in [0.25, 0.3) is 110 Å². The zero-order chi connectivity index (χ0) is 49.7. The van der Waals surface area contributed by atoms with Crippen molar-refractivity contribution in [2.24, 2.45) is 0 Å². The van der Waals surface area contributed by atoms with E-state index in [1.165, 1.54) is 88.5 Å². The van der Waals surface area contributed by atoms with Gasteiger partial charge in [-0.25, -0.2) is 0 Å². The Morgan fingerprint density at radius 3 is 1.55 bits per heavy atom. The molecule has 0 aliphatic heterocycles. The maximum atomic E-state index is 6.85. The summed E-state index contributed by atoms with van der Waals surface area (Å²) in [6.45, 7) is 16.5. The van der Waals surface area contributed by atoms with Crippen molar-refractivity contribution in [3.63, 3.8) is 0 Å². The minimum Gasteiger partial charge on any atom is -0.456 e. The number of rotatable bonds is 4. The van der Waals surface area contributed by atoms with E-state index < -0.39 is 0 Å². The van der Waals surface area contributed by atoms with Gasteiger partial charge >= 0.3 is 0 Å². The molecular weight excluding hydrogens is 903 g/mol. The first-order chi connectivity index (χ1) is 35.8. The first kappa shape index (κ1) is 42.0. The van der Waals surface area contributed by atoms with Crippen molar-refractivity contribution in [2.75, 3.05) is 4.90 Å². The van der Waals surface area contributed by atoms with E-state index >= 15 is 0 Å². The minimum absolute atomic E-state index is 0.189. The second kappa shape index (κ2) is 14.1. The monoisotopic (exact) mass is 953 g/mol. The Morgan fingerprint density at radius 2 is 0.811 bits per heavy atom. The molecule has 13 aromatic rings. The second-order valence-electron chi connectivity index (χ2n) is 22.9. The van der Waals surface area contributed by atoms with Gasteiger partial charge in [-0.05, 0) is 164 Å². The van der Waals surface area contributed by atoms with E-state index in [-0.39, 0.29) is 16.2 Å². The van der Waals surface area contributed by atoms with Crippen molar-refractivity contribution in [2.45, 2.75) is 64.7 Å². The number of hydrogen-bond acceptors (Lipinski definition) is 4. The lowest BCUT2D eigenvalue weighted by atomic mass is 9.79. The molecule has 0 fully saturated rings. The van der Waals surface area contributed by atoms with Crippen molar-refractivity contribution < 1.29 is 13.3 Å². The van der Waals surface area contributed by atoms with Gasteiger partial charge < -0.3 is 18.2 Å². The number of furan rings is 3. The first-order valence-electron chi connectivity index (χ1n) is 26.1. The summed E-state index contributed by atoms with van der Waals surface area (Å²) in [6.07, 6.45) is 0. The highest BCUT2D eigenvalue weighted by atomic mass is 16.3. The van der Waals surface area contributed by atoms with Crippen LogP contribution >= 0.6 is 0 Å². The predicted octanol–water partition coefficient (Wildman–Crippen LogP) is 19.7. The van der Waals surface area contributed by atoms with Gasteiger partial charge in [-0.3, -0.25) is 0 Å². The van der Waals surface area contributed by atoms with E-state index in [9.17, 15) is 0 Å². The van der Waals surface area contributed by atoms with Crippen molar-refractivity contribution in [1.82, 2.24) is 0 Å². The summed E-state index contributed by atoms with van der Waals surface area (Å²) in [5.74, 6) is 0. The van der Waals surface area contributed by atoms with E-state index in [1.54, 1.807) is 0 Å². The van der Waals surface area contributed by atoms with Gasteiger partial charge in [0.15, 0.2) is 0 Å². The van der Waals surface area contributed by atoms with Gasteiger partial charge in [-0.2, -0.15) is 0 Å². The Hall–Kier alpha value is -8.60. The smallest absolute Gasteiger partial charge is 0.143 e. The molecule has 0 unspecified atom stereocenters. The normalized spacial score (nSPS) is 15.3. The van der Waals surface area contributed by atoms with Gasteiger partial charge in [0, 0.05) is 71.2 Å². The number of nitrogens with zero attached hydrogens (tertiary/aromatic N) is 1. The average Bonchev–Trinajstić information content (AvgIpc) is 4.24. The quantitative estimate of drug-likeness (QED) is 0.176. The topological polar surface area (TPSA) is 42.7 Å². The Bertz CT molecular complexity index is 4640. The summed E-state index contributed by atoms with van der Waals surface area (Å²) in [4.78, 5) is 2.47. The molecule has 4 nitrogen and oxygen atoms in total. The zero-order valence-electron chi connectivity index (χ0n) is 42.5. The fourth-order valence-corrected chi connectivity index (χ4v) is 13.9. The third-order valence-corrected chi connectivity index (χ3v) is 17.7. The molecule has 3 aliphatic rings. The fourth-order valence-electron chi connectivity index (χ4n) is 13.9. The third kappa shape index (κ3) is 5.37. The van der Waals surface area contributed by atoms with Gasteiger partial charge in [0.1, 0.15) is 33.5 Å². The SMILES string of the molecule is Cc1ccc(-c2cc3c(c4c2oc2ccccc24)-c2ccc(N(c4ccc5c(c4)C(C)(C)c4cc6c(cc4-5)C(C)(C)c4ccc5oc7ccccc7c5c4-6)c4ccc5oc6ccccc6c5c4)cc2C3(C)C)cc1. The van der Waals surface area contributed by atoms with Crippen LogP contribution < -0.4 is 4.90 Å². The fraction of sp³-hybridized carbons (Fsp3) is 0.143. The molecule has 16 rings (SSSR count). The largest absolute Gasteiger partial charge is 0.456 e. The van der Waals surface area contributed by atoms with Crippen LogP contribution in [0.1, 0.15) is 80.5 Å². The Morgan fingerprint density at radius 1 is 0.324 bits per heavy atom. The zero-order valence-corrected chi connectivity index (χ0v) is 42.5. The number of benzene rings is 10. The molecule has 0 N–H and O–H groups in total. The number of aryl methyl sites for hydroxylation is 1. The van der Waals surface area contributed by atoms with Gasteiger partial charge in [0.2, 0.25) is 0 Å². The summed E-state index contributed by atoms with van der Waals surface area (Å²) in [6, 6.07) is 67.3. The summed E-state index contributed by atoms with van der Waals surface area (Å²) >= 11 is 0. The maximum Gasteiger partial charge on any atom is 0.143 e. The molecule has 3 aliphatic carbocycles. The highest BCUT2D eigenvalue weighted by molar-refractivity contribution is 6.19. The van der Waals surface area contributed by atoms with Crippen molar-refractivity contribution in [3.8, 4) is 44.5 Å². The number of anilines is 3. The van der Waals surface area contributed by atoms with Crippen molar-refractivity contribution in [1.29, 1.82) is 0 Å². The Labute approximate surface area is 429 Å². The molecule has 4 heteroatoms. The van der Waals surface area contributed by atoms with E-state index in [1.807, 2.05) is 6.07 Å². The number of hydrogen-bond donors (Lipinski definition) is 0. The molecule has 354 valence electrons. The molecule has 0 amide bonds. The van der Waals surface area contributed by atoms with Crippen LogP contribution in [0.15, 0.2) is 195 Å². The Balaban J connectivity index is 0.888. The van der Waals surface area contributed by atoms with Gasteiger partial charge in [-0.15, -0.1) is 0 Å². The van der Waals surface area contributed by atoms with Crippen LogP contribution in [0.4, 0.5) is 17.1 Å². The van der Waals surface area contributed by atoms with Crippen LogP contribution in [-0.2, 0) is 16.2 Å². The third-order valence-electron chi connectivity index (χ3n) is 17.7. The summed E-state index contributed by atoms with van der Waals surface area (Å²) < 4.78 is 19.8. The molecule has 0 saturated heterocycles. The molecule has 0 bridgehead atoms. The summed E-state index contributed by atoms with van der Waals surface area (Å²) in [5.41, 5.74) is 27.3. The van der Waals surface area contributed by atoms with Gasteiger partial charge in [0.05, 0.1) is 0 Å². The highest BCUT2D eigenvalue weighted by Gasteiger charge is 2.44. The van der Waals surface area contributed by atoms with E-state index in [0.29, 0.717) is 0 Å². The molecule has 3 heterocycles. The van der Waals surface area contributed by atoms with Crippen LogP contribution in [-0.4, -0.2) is 0 Å². The van der Waals surface area contributed by atoms with Crippen LogP contribution in [0.3, 0.4) is 0 Å². The van der Waals surface area contributed by atoms with E-state index in [0.717, 1.165) is 77.8 Å². The van der Waals surface area contributed by atoms with E-state index in [4.69, 9.17) is 13.3 Å². The molecule has 0 saturated carbocycles. The highest BCUT2D eigenvalue weighted by Crippen LogP contribution is 2.60. The number of fused-ring (bicyclic) bond motifs is 20. The lowest BCUT2D eigenvalue weighted by Gasteiger charge is -2.30. The van der Waals surface area contributed by atoms with Crippen LogP contribution in [0.5, 0.6) is 0 Å². The molecule has 10 aromatic carbocycles. The van der Waals surface area contributed by atoms with Crippen LogP contribution in [0, 0.1) is 6.92 Å². The molecular formula is C70H51NO3. The molecule has 0 spiro atoms. The molecule has 0 radical (unpaired) electrons.